The van der Waals surface area contributed by atoms with Gasteiger partial charge >= 0.3 is 24.3 Å². The highest BCUT2D eigenvalue weighted by molar-refractivity contribution is 5.73. The number of carboxylic acids is 1. The van der Waals surface area contributed by atoms with Crippen LogP contribution in [0.3, 0.4) is 0 Å². The fourth-order valence-corrected chi connectivity index (χ4v) is 4.61. The molecule has 0 aliphatic carbocycles. The summed E-state index contributed by atoms with van der Waals surface area (Å²) in [7, 11) is 1.12. The molecule has 1 aromatic carbocycles. The van der Waals surface area contributed by atoms with Crippen molar-refractivity contribution in [2.24, 2.45) is 0 Å². The van der Waals surface area contributed by atoms with E-state index in [2.05, 4.69) is 0 Å². The second kappa shape index (κ2) is 12.0. The summed E-state index contributed by atoms with van der Waals surface area (Å²) in [5.74, 6) is -1.16. The number of nitrogens with zero attached hydrogens (tertiary/aromatic N) is 2. The number of carbonyl (C=O) groups excluding carboxylic acids is 2. The molecule has 1 aromatic rings. The molecule has 1 fully saturated rings. The number of carbonyl (C=O) groups is 3. The van der Waals surface area contributed by atoms with E-state index in [1.54, 1.807) is 27.7 Å². The Bertz CT molecular complexity index is 979. The van der Waals surface area contributed by atoms with Crippen molar-refractivity contribution in [1.82, 2.24) is 9.80 Å². The second-order valence-electron chi connectivity index (χ2n) is 10.1. The summed E-state index contributed by atoms with van der Waals surface area (Å²) in [5, 5.41) is 9.51. The van der Waals surface area contributed by atoms with Crippen molar-refractivity contribution < 1.29 is 46.5 Å². The lowest BCUT2D eigenvalue weighted by Gasteiger charge is -2.47. The molecule has 2 amide bonds. The van der Waals surface area contributed by atoms with Gasteiger partial charge in [0.25, 0.3) is 0 Å². The molecule has 3 atom stereocenters. The highest BCUT2D eigenvalue weighted by atomic mass is 19.4. The van der Waals surface area contributed by atoms with E-state index in [1.807, 2.05) is 0 Å². The van der Waals surface area contributed by atoms with Crippen LogP contribution in [0.25, 0.3) is 0 Å². The van der Waals surface area contributed by atoms with Gasteiger partial charge < -0.3 is 24.4 Å². The molecule has 0 spiro atoms. The number of likely N-dealkylation sites (tertiary alicyclic amines) is 1. The summed E-state index contributed by atoms with van der Waals surface area (Å²) in [4.78, 5) is 40.0. The van der Waals surface area contributed by atoms with Gasteiger partial charge in [-0.15, -0.1) is 0 Å². The summed E-state index contributed by atoms with van der Waals surface area (Å²) in [5.41, 5.74) is -2.01. The molecule has 2 rings (SSSR count). The summed E-state index contributed by atoms with van der Waals surface area (Å²) >= 11 is 0. The topological polar surface area (TPSA) is 96.4 Å². The molecule has 208 valence electrons. The van der Waals surface area contributed by atoms with E-state index in [1.165, 1.54) is 15.9 Å². The first-order valence-electron chi connectivity index (χ1n) is 11.9. The Morgan fingerprint density at radius 2 is 1.68 bits per heavy atom. The number of halogens is 4. The quantitative estimate of drug-likeness (QED) is 0.447. The van der Waals surface area contributed by atoms with Crippen LogP contribution in [-0.2, 0) is 33.7 Å². The van der Waals surface area contributed by atoms with Gasteiger partial charge in [-0.2, -0.15) is 13.2 Å². The molecule has 12 heteroatoms. The Hall–Kier alpha value is -3.05. The van der Waals surface area contributed by atoms with Crippen LogP contribution >= 0.6 is 0 Å². The third kappa shape index (κ3) is 8.22. The summed E-state index contributed by atoms with van der Waals surface area (Å²) < 4.78 is 63.8. The molecule has 1 aliphatic heterocycles. The van der Waals surface area contributed by atoms with Gasteiger partial charge in [0, 0.05) is 24.7 Å². The number of hydrogen-bond acceptors (Lipinski definition) is 5. The highest BCUT2D eigenvalue weighted by Crippen LogP contribution is 2.35. The van der Waals surface area contributed by atoms with Crippen molar-refractivity contribution in [1.29, 1.82) is 0 Å². The van der Waals surface area contributed by atoms with Gasteiger partial charge in [-0.1, -0.05) is 13.0 Å². The van der Waals surface area contributed by atoms with Crippen LogP contribution in [0.4, 0.5) is 27.2 Å². The Morgan fingerprint density at radius 1 is 1.08 bits per heavy atom. The molecule has 37 heavy (non-hydrogen) atoms. The minimum Gasteiger partial charge on any atom is -0.481 e. The number of piperidine rings is 1. The van der Waals surface area contributed by atoms with Crippen LogP contribution in [-0.4, -0.2) is 63.9 Å². The van der Waals surface area contributed by atoms with E-state index in [-0.39, 0.29) is 30.5 Å². The highest BCUT2D eigenvalue weighted by Gasteiger charge is 2.43. The van der Waals surface area contributed by atoms with Crippen molar-refractivity contribution in [3.63, 3.8) is 0 Å². The zero-order valence-corrected chi connectivity index (χ0v) is 21.6. The fourth-order valence-electron chi connectivity index (χ4n) is 4.61. The van der Waals surface area contributed by atoms with Gasteiger partial charge in [0.2, 0.25) is 0 Å². The Morgan fingerprint density at radius 3 is 2.16 bits per heavy atom. The Kier molecular flexibility index (Phi) is 9.78. The molecule has 0 unspecified atom stereocenters. The Labute approximate surface area is 213 Å². The predicted molar refractivity (Wildman–Crippen MR) is 125 cm³/mol. The molecular weight excluding hydrogens is 500 g/mol. The zero-order valence-electron chi connectivity index (χ0n) is 21.6. The van der Waals surface area contributed by atoms with Crippen LogP contribution < -0.4 is 0 Å². The summed E-state index contributed by atoms with van der Waals surface area (Å²) in [6.07, 6.45) is -5.98. The van der Waals surface area contributed by atoms with Crippen LogP contribution in [0.15, 0.2) is 18.2 Å². The van der Waals surface area contributed by atoms with Crippen molar-refractivity contribution in [3.05, 3.63) is 34.9 Å². The number of ether oxygens (including phenoxy) is 2. The van der Waals surface area contributed by atoms with E-state index in [0.29, 0.717) is 12.5 Å². The summed E-state index contributed by atoms with van der Waals surface area (Å²) in [6, 6.07) is 0.786. The van der Waals surface area contributed by atoms with Gasteiger partial charge in [-0.3, -0.25) is 4.79 Å². The van der Waals surface area contributed by atoms with Gasteiger partial charge in [-0.05, 0) is 63.3 Å². The maximum atomic E-state index is 13.4. The second-order valence-corrected chi connectivity index (χ2v) is 10.1. The third-order valence-electron chi connectivity index (χ3n) is 6.10. The molecule has 8 nitrogen and oxygen atoms in total. The molecule has 1 aliphatic rings. The molecule has 1 saturated heterocycles. The number of amides is 2. The van der Waals surface area contributed by atoms with Gasteiger partial charge in [-0.25, -0.2) is 14.0 Å². The van der Waals surface area contributed by atoms with E-state index in [4.69, 9.17) is 9.47 Å². The van der Waals surface area contributed by atoms with Crippen molar-refractivity contribution >= 4 is 18.2 Å². The first-order chi connectivity index (χ1) is 17.1. The van der Waals surface area contributed by atoms with Crippen LogP contribution in [0.5, 0.6) is 0 Å². The van der Waals surface area contributed by atoms with Crippen LogP contribution in [0, 0.1) is 0 Å². The number of benzene rings is 1. The molecule has 0 bridgehead atoms. The number of methoxy groups -OCH3 is 1. The Balaban J connectivity index is 2.45. The molecular formula is C25H34F4N2O6. The number of aliphatic carboxylic acids is 1. The first-order valence-corrected chi connectivity index (χ1v) is 11.9. The first kappa shape index (κ1) is 30.2. The average Bonchev–Trinajstić information content (AvgIpc) is 2.79. The summed E-state index contributed by atoms with van der Waals surface area (Å²) in [6.45, 7) is 5.41. The van der Waals surface area contributed by atoms with Crippen molar-refractivity contribution in [3.8, 4) is 0 Å². The molecule has 0 saturated carbocycles. The fraction of sp³-hybridized carbons (Fsp3) is 0.640. The van der Waals surface area contributed by atoms with Gasteiger partial charge in [0.15, 0.2) is 0 Å². The standard InChI is InChI=1S/C25H34F4N2O6/c1-6-18-10-19(11-20(12-21(32)33)31(18)23(35)37-24(2,3)4)30(22(34)36-5)14-16-7-15(13-26)8-17(9-16)25(27,28)29/h7-9,18-20H,6,10-14H2,1-5H3,(H,32,33)/t18-,19+,20-/m1/s1. The lowest BCUT2D eigenvalue weighted by Crippen LogP contribution is -2.58. The number of alkyl halides is 4. The van der Waals surface area contributed by atoms with E-state index >= 15 is 0 Å². The molecule has 0 aromatic heterocycles. The minimum atomic E-state index is -4.71. The van der Waals surface area contributed by atoms with E-state index in [0.717, 1.165) is 13.2 Å². The number of rotatable bonds is 7. The minimum absolute atomic E-state index is 0.0338. The zero-order chi connectivity index (χ0) is 28.1. The molecule has 0 radical (unpaired) electrons. The van der Waals surface area contributed by atoms with Crippen molar-refractivity contribution in [2.45, 2.75) is 96.5 Å². The molecule has 1 N–H and O–H groups in total. The predicted octanol–water partition coefficient (Wildman–Crippen LogP) is 5.76. The maximum absolute atomic E-state index is 13.4. The van der Waals surface area contributed by atoms with Crippen molar-refractivity contribution in [2.75, 3.05) is 7.11 Å². The SMILES string of the molecule is CC[C@@H]1C[C@H](N(Cc2cc(CF)cc(C(F)(F)F)c2)C(=O)OC)C[C@H](CC(=O)O)N1C(=O)OC(C)(C)C. The number of carboxylic acid groups (broad SMARTS) is 1. The monoisotopic (exact) mass is 534 g/mol. The van der Waals surface area contributed by atoms with Gasteiger partial charge in [0.1, 0.15) is 12.3 Å². The average molecular weight is 535 g/mol. The molecule has 1 heterocycles. The normalized spacial score (nSPS) is 20.4. The third-order valence-corrected chi connectivity index (χ3v) is 6.10. The van der Waals surface area contributed by atoms with Crippen LogP contribution in [0.2, 0.25) is 0 Å². The lowest BCUT2D eigenvalue weighted by atomic mass is 9.87. The largest absolute Gasteiger partial charge is 0.481 e. The maximum Gasteiger partial charge on any atom is 0.416 e. The lowest BCUT2D eigenvalue weighted by molar-refractivity contribution is -0.139. The van der Waals surface area contributed by atoms with E-state index in [9.17, 15) is 37.1 Å². The van der Waals surface area contributed by atoms with E-state index < -0.39 is 66.7 Å². The van der Waals surface area contributed by atoms with Crippen LogP contribution in [0.1, 0.15) is 70.1 Å². The number of hydrogen-bond donors (Lipinski definition) is 1. The van der Waals surface area contributed by atoms with Gasteiger partial charge in [0.05, 0.1) is 19.1 Å². The smallest absolute Gasteiger partial charge is 0.416 e.